The van der Waals surface area contributed by atoms with Crippen molar-refractivity contribution in [3.05, 3.63) is 96.6 Å². The minimum absolute atomic E-state index is 0.0320. The van der Waals surface area contributed by atoms with Gasteiger partial charge in [-0.25, -0.2) is 0 Å². The summed E-state index contributed by atoms with van der Waals surface area (Å²) in [4.78, 5) is 0. The lowest BCUT2D eigenvalue weighted by atomic mass is 10.1. The number of unbranched alkanes of at least 4 members (excludes halogenated alkanes) is 2. The number of hydrogen-bond donors (Lipinski definition) is 0. The van der Waals surface area contributed by atoms with E-state index in [1.807, 2.05) is 6.07 Å². The van der Waals surface area contributed by atoms with Crippen molar-refractivity contribution in [1.29, 1.82) is 0 Å². The fourth-order valence-electron chi connectivity index (χ4n) is 4.42. The normalized spacial score (nSPS) is 13.2. The number of benzene rings is 3. The number of halogens is 1. The molecule has 0 saturated carbocycles. The van der Waals surface area contributed by atoms with Crippen LogP contribution in [0.3, 0.4) is 0 Å². The molecule has 0 aliphatic carbocycles. The van der Waals surface area contributed by atoms with Crippen LogP contribution in [0.15, 0.2) is 91.0 Å². The van der Waals surface area contributed by atoms with E-state index in [0.717, 1.165) is 32.3 Å². The highest BCUT2D eigenvalue weighted by molar-refractivity contribution is 6.99. The van der Waals surface area contributed by atoms with Crippen LogP contribution in [0.4, 0.5) is 0 Å². The molecular weight excluding hydrogens is 416 g/mol. The molecule has 0 saturated heterocycles. The van der Waals surface area contributed by atoms with Crippen molar-refractivity contribution in [2.24, 2.45) is 0 Å². The Labute approximate surface area is 194 Å². The first-order chi connectivity index (χ1) is 14.9. The van der Waals surface area contributed by atoms with E-state index >= 15 is 0 Å². The molecule has 31 heavy (non-hydrogen) atoms. The summed E-state index contributed by atoms with van der Waals surface area (Å²) in [5.41, 5.74) is 1.22. The van der Waals surface area contributed by atoms with Crippen LogP contribution in [0.5, 0.6) is 0 Å². The summed E-state index contributed by atoms with van der Waals surface area (Å²) in [6.07, 6.45) is 4.31. The molecule has 1 unspecified atom stereocenters. The molecule has 3 aromatic rings. The van der Waals surface area contributed by atoms with E-state index in [0.29, 0.717) is 0 Å². The lowest BCUT2D eigenvalue weighted by Gasteiger charge is -2.43. The fourth-order valence-corrected chi connectivity index (χ4v) is 9.32. The van der Waals surface area contributed by atoms with Gasteiger partial charge in [-0.3, -0.25) is 0 Å². The third kappa shape index (κ3) is 5.88. The quantitative estimate of drug-likeness (QED) is 0.182. The van der Waals surface area contributed by atoms with E-state index in [9.17, 15) is 0 Å². The van der Waals surface area contributed by atoms with Gasteiger partial charge in [0.05, 0.1) is 5.38 Å². The second-order valence-corrected chi connectivity index (χ2v) is 14.1. The van der Waals surface area contributed by atoms with Crippen LogP contribution < -0.4 is 10.4 Å². The summed E-state index contributed by atoms with van der Waals surface area (Å²) >= 11 is 6.59. The smallest absolute Gasteiger partial charge is 0.261 e. The maximum absolute atomic E-state index is 6.96. The monoisotopic (exact) mass is 450 g/mol. The Morgan fingerprint density at radius 3 is 1.68 bits per heavy atom. The molecule has 3 aromatic carbocycles. The highest BCUT2D eigenvalue weighted by atomic mass is 35.5. The lowest BCUT2D eigenvalue weighted by Crippen LogP contribution is -2.66. The van der Waals surface area contributed by atoms with E-state index in [-0.39, 0.29) is 10.4 Å². The fraction of sp³-hybridized carbons (Fsp3) is 0.357. The number of rotatable bonds is 10. The summed E-state index contributed by atoms with van der Waals surface area (Å²) in [7, 11) is -2.41. The van der Waals surface area contributed by atoms with Gasteiger partial charge in [-0.15, -0.1) is 11.6 Å². The molecule has 0 radical (unpaired) electrons. The zero-order valence-electron chi connectivity index (χ0n) is 19.1. The molecule has 1 nitrogen and oxygen atoms in total. The zero-order chi connectivity index (χ0) is 22.2. The standard InChI is InChI=1S/C28H35ClOSi/c1-28(2,3)31(25-18-10-5-11-19-25,26-20-12-6-13-21-26)30-23-15-7-14-22-27(29)24-16-8-4-9-17-24/h4-6,8-13,16-21,27H,7,14-15,22-23H2,1-3H3. The van der Waals surface area contributed by atoms with Gasteiger partial charge in [0.2, 0.25) is 0 Å². The lowest BCUT2D eigenvalue weighted by molar-refractivity contribution is 0.286. The zero-order valence-corrected chi connectivity index (χ0v) is 20.8. The molecule has 0 amide bonds. The predicted molar refractivity (Wildman–Crippen MR) is 137 cm³/mol. The molecule has 3 heteroatoms. The second-order valence-electron chi connectivity index (χ2n) is 9.24. The highest BCUT2D eigenvalue weighted by Crippen LogP contribution is 2.37. The summed E-state index contributed by atoms with van der Waals surface area (Å²) in [6.45, 7) is 7.77. The first kappa shape index (κ1) is 23.8. The molecule has 3 rings (SSSR count). The minimum atomic E-state index is -2.41. The maximum Gasteiger partial charge on any atom is 0.261 e. The van der Waals surface area contributed by atoms with Gasteiger partial charge in [0.25, 0.3) is 8.32 Å². The maximum atomic E-state index is 6.96. The Morgan fingerprint density at radius 2 is 1.19 bits per heavy atom. The van der Waals surface area contributed by atoms with E-state index in [2.05, 4.69) is 106 Å². The number of alkyl halides is 1. The molecule has 0 aliphatic rings. The van der Waals surface area contributed by atoms with Crippen LogP contribution in [-0.2, 0) is 4.43 Å². The molecule has 0 heterocycles. The van der Waals surface area contributed by atoms with Crippen molar-refractivity contribution >= 4 is 30.3 Å². The van der Waals surface area contributed by atoms with Gasteiger partial charge >= 0.3 is 0 Å². The van der Waals surface area contributed by atoms with Gasteiger partial charge in [-0.1, -0.05) is 125 Å². The average molecular weight is 451 g/mol. The molecule has 1 atom stereocenters. The van der Waals surface area contributed by atoms with Crippen molar-refractivity contribution in [2.75, 3.05) is 6.61 Å². The van der Waals surface area contributed by atoms with Crippen LogP contribution in [0.25, 0.3) is 0 Å². The predicted octanol–water partition coefficient (Wildman–Crippen LogP) is 7.10. The van der Waals surface area contributed by atoms with Crippen LogP contribution in [-0.4, -0.2) is 14.9 Å². The second kappa shape index (κ2) is 11.1. The molecule has 0 bridgehead atoms. The third-order valence-electron chi connectivity index (χ3n) is 6.00. The first-order valence-corrected chi connectivity index (χ1v) is 13.7. The summed E-state index contributed by atoms with van der Waals surface area (Å²) in [6, 6.07) is 32.1. The summed E-state index contributed by atoms with van der Waals surface area (Å²) < 4.78 is 6.96. The van der Waals surface area contributed by atoms with Crippen LogP contribution in [0, 0.1) is 0 Å². The largest absolute Gasteiger partial charge is 0.407 e. The Kier molecular flexibility index (Phi) is 8.54. The van der Waals surface area contributed by atoms with Gasteiger partial charge in [-0.2, -0.15) is 0 Å². The van der Waals surface area contributed by atoms with Crippen molar-refractivity contribution in [3.8, 4) is 0 Å². The topological polar surface area (TPSA) is 9.23 Å². The van der Waals surface area contributed by atoms with Crippen LogP contribution in [0.2, 0.25) is 5.04 Å². The Morgan fingerprint density at radius 1 is 0.710 bits per heavy atom. The van der Waals surface area contributed by atoms with E-state index in [1.54, 1.807) is 0 Å². The number of hydrogen-bond acceptors (Lipinski definition) is 1. The Bertz CT molecular complexity index is 851. The van der Waals surface area contributed by atoms with Gasteiger partial charge in [0.1, 0.15) is 0 Å². The van der Waals surface area contributed by atoms with Gasteiger partial charge in [0, 0.05) is 6.61 Å². The SMILES string of the molecule is CC(C)(C)[Si](OCCCCCC(Cl)c1ccccc1)(c1ccccc1)c1ccccc1. The van der Waals surface area contributed by atoms with Crippen LogP contribution >= 0.6 is 11.6 Å². The minimum Gasteiger partial charge on any atom is -0.407 e. The molecule has 164 valence electrons. The molecular formula is C28H35ClOSi. The summed E-state index contributed by atoms with van der Waals surface area (Å²) in [5, 5.41) is 2.82. The van der Waals surface area contributed by atoms with Gasteiger partial charge < -0.3 is 4.43 Å². The highest BCUT2D eigenvalue weighted by Gasteiger charge is 2.49. The molecule has 0 spiro atoms. The molecule has 0 fully saturated rings. The Balaban J connectivity index is 1.66. The summed E-state index contributed by atoms with van der Waals surface area (Å²) in [5.74, 6) is 0. The van der Waals surface area contributed by atoms with Crippen molar-refractivity contribution in [2.45, 2.75) is 56.9 Å². The van der Waals surface area contributed by atoms with Crippen LogP contribution in [0.1, 0.15) is 57.4 Å². The molecule has 0 N–H and O–H groups in total. The van der Waals surface area contributed by atoms with Gasteiger partial charge in [-0.05, 0) is 33.8 Å². The average Bonchev–Trinajstić information content (AvgIpc) is 2.79. The van der Waals surface area contributed by atoms with Gasteiger partial charge in [0.15, 0.2) is 0 Å². The van der Waals surface area contributed by atoms with Crippen molar-refractivity contribution in [1.82, 2.24) is 0 Å². The van der Waals surface area contributed by atoms with E-state index in [4.69, 9.17) is 16.0 Å². The van der Waals surface area contributed by atoms with Crippen molar-refractivity contribution in [3.63, 3.8) is 0 Å². The van der Waals surface area contributed by atoms with Crippen molar-refractivity contribution < 1.29 is 4.43 Å². The third-order valence-corrected chi connectivity index (χ3v) is 11.5. The Hall–Kier alpha value is -1.87. The van der Waals surface area contributed by atoms with E-state index < -0.39 is 8.32 Å². The van der Waals surface area contributed by atoms with E-state index in [1.165, 1.54) is 15.9 Å². The first-order valence-electron chi connectivity index (χ1n) is 11.4. The molecule has 0 aliphatic heterocycles. The molecule has 0 aromatic heterocycles.